The molecule has 1 aliphatic rings. The Labute approximate surface area is 118 Å². The molecule has 1 amide bonds. The van der Waals surface area contributed by atoms with Gasteiger partial charge in [-0.3, -0.25) is 14.5 Å². The molecule has 0 fully saturated rings. The number of hydrogen-bond acceptors (Lipinski definition) is 4. The van der Waals surface area contributed by atoms with E-state index >= 15 is 0 Å². The molecule has 1 aromatic heterocycles. The molecule has 3 rings (SSSR count). The van der Waals surface area contributed by atoms with Gasteiger partial charge >= 0.3 is 0 Å². The Morgan fingerprint density at radius 1 is 1.15 bits per heavy atom. The second-order valence-corrected chi connectivity index (χ2v) is 4.62. The van der Waals surface area contributed by atoms with E-state index in [-0.39, 0.29) is 17.3 Å². The van der Waals surface area contributed by atoms with E-state index in [0.717, 1.165) is 6.07 Å². The zero-order valence-electron chi connectivity index (χ0n) is 10.0. The summed E-state index contributed by atoms with van der Waals surface area (Å²) in [4.78, 5) is 25.0. The van der Waals surface area contributed by atoms with Crippen molar-refractivity contribution in [2.45, 2.75) is 6.54 Å². The van der Waals surface area contributed by atoms with Crippen LogP contribution >= 0.6 is 11.6 Å². The van der Waals surface area contributed by atoms with E-state index in [0.29, 0.717) is 11.4 Å². The van der Waals surface area contributed by atoms with Gasteiger partial charge in [-0.2, -0.15) is 5.10 Å². The van der Waals surface area contributed by atoms with Crippen LogP contribution in [-0.2, 0) is 11.3 Å². The third-order valence-electron chi connectivity index (χ3n) is 2.94. The number of halogens is 2. The average molecular weight is 292 g/mol. The molecular weight excluding hydrogens is 285 g/mol. The topological polar surface area (TPSA) is 63.2 Å². The number of hydrogen-bond donors (Lipinski definition) is 0. The van der Waals surface area contributed by atoms with Gasteiger partial charge in [0.15, 0.2) is 5.15 Å². The van der Waals surface area contributed by atoms with Crippen LogP contribution in [0, 0.1) is 5.82 Å². The van der Waals surface area contributed by atoms with Crippen LogP contribution in [0.3, 0.4) is 0 Å². The zero-order chi connectivity index (χ0) is 14.3. The van der Waals surface area contributed by atoms with Crippen molar-refractivity contribution in [2.75, 3.05) is 4.90 Å². The number of fused-ring (bicyclic) bond motifs is 1. The van der Waals surface area contributed by atoms with Crippen LogP contribution in [0.25, 0.3) is 0 Å². The van der Waals surface area contributed by atoms with Crippen molar-refractivity contribution < 1.29 is 14.0 Å². The molecule has 0 atom stereocenters. The van der Waals surface area contributed by atoms with Gasteiger partial charge < -0.3 is 0 Å². The first-order chi connectivity index (χ1) is 9.56. The molecule has 100 valence electrons. The van der Waals surface area contributed by atoms with Gasteiger partial charge in [-0.15, -0.1) is 5.10 Å². The van der Waals surface area contributed by atoms with Gasteiger partial charge in [0, 0.05) is 0 Å². The number of anilines is 1. The van der Waals surface area contributed by atoms with Gasteiger partial charge in [-0.25, -0.2) is 4.39 Å². The van der Waals surface area contributed by atoms with Crippen LogP contribution in [0.1, 0.15) is 16.1 Å². The van der Waals surface area contributed by atoms with Crippen LogP contribution in [0.4, 0.5) is 10.1 Å². The fourth-order valence-electron chi connectivity index (χ4n) is 2.02. The maximum Gasteiger partial charge on any atom is 0.299 e. The summed E-state index contributed by atoms with van der Waals surface area (Å²) in [7, 11) is 0. The van der Waals surface area contributed by atoms with E-state index in [1.807, 2.05) is 0 Å². The van der Waals surface area contributed by atoms with E-state index in [1.54, 1.807) is 6.07 Å². The van der Waals surface area contributed by atoms with Crippen molar-refractivity contribution in [1.82, 2.24) is 10.2 Å². The average Bonchev–Trinajstić information content (AvgIpc) is 2.66. The molecule has 1 aromatic carbocycles. The molecule has 7 heteroatoms. The first-order valence-electron chi connectivity index (χ1n) is 5.70. The van der Waals surface area contributed by atoms with Crippen molar-refractivity contribution in [1.29, 1.82) is 0 Å². The Bertz CT molecular complexity index is 718. The fourth-order valence-corrected chi connectivity index (χ4v) is 2.12. The summed E-state index contributed by atoms with van der Waals surface area (Å²) in [6.45, 7) is 0.0768. The zero-order valence-corrected chi connectivity index (χ0v) is 10.8. The first kappa shape index (κ1) is 12.7. The van der Waals surface area contributed by atoms with Crippen LogP contribution < -0.4 is 4.90 Å². The van der Waals surface area contributed by atoms with Crippen molar-refractivity contribution in [2.24, 2.45) is 0 Å². The molecule has 0 spiro atoms. The Morgan fingerprint density at radius 3 is 2.65 bits per heavy atom. The molecule has 0 unspecified atom stereocenters. The summed E-state index contributed by atoms with van der Waals surface area (Å²) in [5.74, 6) is -1.98. The highest BCUT2D eigenvalue weighted by Crippen LogP contribution is 2.30. The lowest BCUT2D eigenvalue weighted by atomic mass is 10.1. The summed E-state index contributed by atoms with van der Waals surface area (Å²) in [5.41, 5.74) is 0.919. The third-order valence-corrected chi connectivity index (χ3v) is 3.14. The maximum atomic E-state index is 13.1. The lowest BCUT2D eigenvalue weighted by Crippen LogP contribution is -2.29. The molecule has 0 bridgehead atoms. The number of carbonyl (C=O) groups excluding carboxylic acids is 2. The summed E-state index contributed by atoms with van der Waals surface area (Å²) < 4.78 is 13.1. The van der Waals surface area contributed by atoms with Gasteiger partial charge in [0.2, 0.25) is 0 Å². The smallest absolute Gasteiger partial charge is 0.299 e. The quantitative estimate of drug-likeness (QED) is 0.794. The lowest BCUT2D eigenvalue weighted by molar-refractivity contribution is -0.114. The van der Waals surface area contributed by atoms with Crippen LogP contribution in [-0.4, -0.2) is 21.9 Å². The van der Waals surface area contributed by atoms with Gasteiger partial charge in [0.25, 0.3) is 11.7 Å². The maximum absolute atomic E-state index is 13.1. The molecule has 0 saturated heterocycles. The number of rotatable bonds is 2. The minimum absolute atomic E-state index is 0.0666. The largest absolute Gasteiger partial charge is 0.299 e. The predicted molar refractivity (Wildman–Crippen MR) is 69.0 cm³/mol. The number of amides is 1. The van der Waals surface area contributed by atoms with Crippen LogP contribution in [0.15, 0.2) is 30.3 Å². The minimum atomic E-state index is -0.721. The van der Waals surface area contributed by atoms with E-state index in [9.17, 15) is 14.0 Å². The van der Waals surface area contributed by atoms with E-state index in [1.165, 1.54) is 23.1 Å². The number of Topliss-reactive ketones (excluding diaryl/α,β-unsaturated/α-hetero) is 1. The van der Waals surface area contributed by atoms with Crippen molar-refractivity contribution >= 4 is 29.0 Å². The fraction of sp³-hybridized carbons (Fsp3) is 0.0769. The molecule has 20 heavy (non-hydrogen) atoms. The standard InChI is InChI=1S/C13H7ClFN3O2/c14-11-4-2-8(16-17-11)6-18-10-3-1-7(15)5-9(10)12(19)13(18)20/h1-5H,6H2. The monoisotopic (exact) mass is 291 g/mol. The van der Waals surface area contributed by atoms with Crippen molar-refractivity contribution in [3.63, 3.8) is 0 Å². The molecule has 0 saturated carbocycles. The number of benzene rings is 1. The molecular formula is C13H7ClFN3O2. The van der Waals surface area contributed by atoms with E-state index in [4.69, 9.17) is 11.6 Å². The first-order valence-corrected chi connectivity index (χ1v) is 6.08. The Morgan fingerprint density at radius 2 is 1.95 bits per heavy atom. The van der Waals surface area contributed by atoms with Gasteiger partial charge in [0.1, 0.15) is 5.82 Å². The van der Waals surface area contributed by atoms with Gasteiger partial charge in [-0.05, 0) is 30.3 Å². The Balaban J connectivity index is 1.97. The third kappa shape index (κ3) is 2.04. The highest BCUT2D eigenvalue weighted by Gasteiger charge is 2.36. The normalized spacial score (nSPS) is 13.8. The summed E-state index contributed by atoms with van der Waals surface area (Å²) in [6, 6.07) is 6.80. The van der Waals surface area contributed by atoms with E-state index in [2.05, 4.69) is 10.2 Å². The lowest BCUT2D eigenvalue weighted by Gasteiger charge is -2.15. The Hall–Kier alpha value is -2.34. The minimum Gasteiger partial charge on any atom is -0.299 e. The highest BCUT2D eigenvalue weighted by atomic mass is 35.5. The second kappa shape index (κ2) is 4.64. The summed E-state index contributed by atoms with van der Waals surface area (Å²) >= 11 is 5.63. The van der Waals surface area contributed by atoms with Gasteiger partial charge in [0.05, 0.1) is 23.5 Å². The molecule has 1 aliphatic heterocycles. The number of nitrogens with zero attached hydrogens (tertiary/aromatic N) is 3. The Kier molecular flexibility index (Phi) is 2.94. The van der Waals surface area contributed by atoms with Crippen LogP contribution in [0.2, 0.25) is 5.15 Å². The van der Waals surface area contributed by atoms with E-state index < -0.39 is 17.5 Å². The molecule has 5 nitrogen and oxygen atoms in total. The highest BCUT2D eigenvalue weighted by molar-refractivity contribution is 6.52. The predicted octanol–water partition coefficient (Wildman–Crippen LogP) is 2.00. The summed E-state index contributed by atoms with van der Waals surface area (Å²) in [6.07, 6.45) is 0. The summed E-state index contributed by atoms with van der Waals surface area (Å²) in [5, 5.41) is 7.73. The number of aromatic nitrogens is 2. The molecule has 0 N–H and O–H groups in total. The van der Waals surface area contributed by atoms with Gasteiger partial charge in [-0.1, -0.05) is 11.6 Å². The van der Waals surface area contributed by atoms with Crippen molar-refractivity contribution in [3.05, 3.63) is 52.6 Å². The van der Waals surface area contributed by atoms with Crippen LogP contribution in [0.5, 0.6) is 0 Å². The molecule has 0 aliphatic carbocycles. The molecule has 2 aromatic rings. The number of carbonyl (C=O) groups is 2. The van der Waals surface area contributed by atoms with Crippen molar-refractivity contribution in [3.8, 4) is 0 Å². The second-order valence-electron chi connectivity index (χ2n) is 4.23. The number of ketones is 1. The SMILES string of the molecule is O=C1C(=O)N(Cc2ccc(Cl)nn2)c2ccc(F)cc21. The molecule has 0 radical (unpaired) electrons. The molecule has 2 heterocycles.